The van der Waals surface area contributed by atoms with Gasteiger partial charge in [-0.05, 0) is 25.7 Å². The van der Waals surface area contributed by atoms with Crippen LogP contribution in [0.15, 0.2) is 0 Å². The van der Waals surface area contributed by atoms with Crippen molar-refractivity contribution in [1.82, 2.24) is 0 Å². The lowest BCUT2D eigenvalue weighted by Crippen LogP contribution is -2.46. The standard InChI is InChI=1S/C9H17NO/c1-2-8(6-11-7-8)5-9(10)3-4-9/h2-7,10H2,1H3. The molecule has 2 fully saturated rings. The molecule has 0 radical (unpaired) electrons. The Hall–Kier alpha value is -0.0800. The van der Waals surface area contributed by atoms with Gasteiger partial charge in [0, 0.05) is 11.0 Å². The molecule has 2 rings (SSSR count). The topological polar surface area (TPSA) is 35.2 Å². The van der Waals surface area contributed by atoms with Crippen LogP contribution in [0.2, 0.25) is 0 Å². The molecule has 0 bridgehead atoms. The summed E-state index contributed by atoms with van der Waals surface area (Å²) in [7, 11) is 0. The SMILES string of the molecule is CCC1(CC2(N)CC2)COC1. The molecule has 0 unspecified atom stereocenters. The fourth-order valence-corrected chi connectivity index (χ4v) is 1.91. The van der Waals surface area contributed by atoms with Gasteiger partial charge >= 0.3 is 0 Å². The molecule has 2 N–H and O–H groups in total. The van der Waals surface area contributed by atoms with E-state index in [0.717, 1.165) is 13.2 Å². The van der Waals surface area contributed by atoms with E-state index in [0.29, 0.717) is 5.41 Å². The first kappa shape index (κ1) is 7.56. The number of nitrogens with two attached hydrogens (primary N) is 1. The second kappa shape index (κ2) is 2.20. The van der Waals surface area contributed by atoms with Gasteiger partial charge in [0.1, 0.15) is 0 Å². The fraction of sp³-hybridized carbons (Fsp3) is 1.00. The van der Waals surface area contributed by atoms with Crippen LogP contribution in [-0.2, 0) is 4.74 Å². The van der Waals surface area contributed by atoms with Crippen LogP contribution in [0.3, 0.4) is 0 Å². The number of ether oxygens (including phenoxy) is 1. The van der Waals surface area contributed by atoms with Gasteiger partial charge in [-0.2, -0.15) is 0 Å². The Balaban J connectivity index is 1.91. The third kappa shape index (κ3) is 1.30. The van der Waals surface area contributed by atoms with E-state index < -0.39 is 0 Å². The fourth-order valence-electron chi connectivity index (χ4n) is 1.91. The lowest BCUT2D eigenvalue weighted by molar-refractivity contribution is -0.123. The van der Waals surface area contributed by atoms with Gasteiger partial charge < -0.3 is 10.5 Å². The second-order valence-corrected chi connectivity index (χ2v) is 4.39. The minimum absolute atomic E-state index is 0.208. The van der Waals surface area contributed by atoms with Crippen molar-refractivity contribution < 1.29 is 4.74 Å². The Kier molecular flexibility index (Phi) is 1.52. The highest BCUT2D eigenvalue weighted by Gasteiger charge is 2.48. The normalized spacial score (nSPS) is 31.1. The molecule has 0 aromatic heterocycles. The number of rotatable bonds is 3. The quantitative estimate of drug-likeness (QED) is 0.666. The van der Waals surface area contributed by atoms with Crippen LogP contribution >= 0.6 is 0 Å². The summed E-state index contributed by atoms with van der Waals surface area (Å²) < 4.78 is 5.25. The highest BCUT2D eigenvalue weighted by molar-refractivity contribution is 5.04. The first-order chi connectivity index (χ1) is 5.18. The molecule has 0 atom stereocenters. The van der Waals surface area contributed by atoms with Gasteiger partial charge in [0.2, 0.25) is 0 Å². The molecular weight excluding hydrogens is 138 g/mol. The predicted molar refractivity (Wildman–Crippen MR) is 44.3 cm³/mol. The zero-order valence-electron chi connectivity index (χ0n) is 7.23. The van der Waals surface area contributed by atoms with Crippen molar-refractivity contribution in [2.24, 2.45) is 11.1 Å². The second-order valence-electron chi connectivity index (χ2n) is 4.39. The summed E-state index contributed by atoms with van der Waals surface area (Å²) in [6.45, 7) is 4.14. The Morgan fingerprint density at radius 1 is 1.36 bits per heavy atom. The highest BCUT2D eigenvalue weighted by atomic mass is 16.5. The zero-order valence-corrected chi connectivity index (χ0v) is 7.23. The van der Waals surface area contributed by atoms with Crippen molar-refractivity contribution in [1.29, 1.82) is 0 Å². The van der Waals surface area contributed by atoms with E-state index in [-0.39, 0.29) is 5.54 Å². The molecule has 2 aliphatic rings. The summed E-state index contributed by atoms with van der Waals surface area (Å²) >= 11 is 0. The van der Waals surface area contributed by atoms with Crippen LogP contribution in [0.25, 0.3) is 0 Å². The van der Waals surface area contributed by atoms with Crippen LogP contribution in [0.5, 0.6) is 0 Å². The van der Waals surface area contributed by atoms with Crippen molar-refractivity contribution >= 4 is 0 Å². The summed E-state index contributed by atoms with van der Waals surface area (Å²) in [5.41, 5.74) is 6.73. The van der Waals surface area contributed by atoms with E-state index >= 15 is 0 Å². The van der Waals surface area contributed by atoms with Crippen LogP contribution in [0, 0.1) is 5.41 Å². The molecule has 1 saturated carbocycles. The third-order valence-corrected chi connectivity index (χ3v) is 3.19. The van der Waals surface area contributed by atoms with Crippen molar-refractivity contribution in [3.63, 3.8) is 0 Å². The van der Waals surface area contributed by atoms with E-state index in [2.05, 4.69) is 6.92 Å². The molecular formula is C9H17NO. The molecule has 1 aliphatic heterocycles. The number of hydrogen-bond donors (Lipinski definition) is 1. The van der Waals surface area contributed by atoms with Crippen molar-refractivity contribution in [3.8, 4) is 0 Å². The van der Waals surface area contributed by atoms with Crippen LogP contribution in [0.1, 0.15) is 32.6 Å². The largest absolute Gasteiger partial charge is 0.380 e. The molecule has 1 aliphatic carbocycles. The van der Waals surface area contributed by atoms with E-state index in [1.54, 1.807) is 0 Å². The summed E-state index contributed by atoms with van der Waals surface area (Å²) in [5.74, 6) is 0. The molecule has 0 spiro atoms. The average Bonchev–Trinajstić information content (AvgIpc) is 2.60. The summed E-state index contributed by atoms with van der Waals surface area (Å²) in [6.07, 6.45) is 4.88. The van der Waals surface area contributed by atoms with Crippen molar-refractivity contribution in [2.45, 2.75) is 38.1 Å². The monoisotopic (exact) mass is 155 g/mol. The maximum Gasteiger partial charge on any atom is 0.0545 e. The minimum atomic E-state index is 0.208. The first-order valence-corrected chi connectivity index (χ1v) is 4.55. The molecule has 2 nitrogen and oxygen atoms in total. The molecule has 0 aromatic carbocycles. The van der Waals surface area contributed by atoms with Gasteiger partial charge in [-0.25, -0.2) is 0 Å². The number of hydrogen-bond acceptors (Lipinski definition) is 2. The lowest BCUT2D eigenvalue weighted by Gasteiger charge is -2.42. The molecule has 1 heterocycles. The maximum absolute atomic E-state index is 6.06. The average molecular weight is 155 g/mol. The smallest absolute Gasteiger partial charge is 0.0545 e. The molecule has 1 saturated heterocycles. The van der Waals surface area contributed by atoms with Crippen LogP contribution in [-0.4, -0.2) is 18.8 Å². The van der Waals surface area contributed by atoms with Gasteiger partial charge in [0.25, 0.3) is 0 Å². The summed E-state index contributed by atoms with van der Waals surface area (Å²) in [4.78, 5) is 0. The van der Waals surface area contributed by atoms with Crippen LogP contribution in [0.4, 0.5) is 0 Å². The van der Waals surface area contributed by atoms with Gasteiger partial charge in [0.15, 0.2) is 0 Å². The molecule has 0 aromatic rings. The van der Waals surface area contributed by atoms with E-state index in [1.165, 1.54) is 25.7 Å². The Morgan fingerprint density at radius 2 is 2.00 bits per heavy atom. The first-order valence-electron chi connectivity index (χ1n) is 4.55. The van der Waals surface area contributed by atoms with Gasteiger partial charge in [-0.1, -0.05) is 6.92 Å². The third-order valence-electron chi connectivity index (χ3n) is 3.19. The molecule has 11 heavy (non-hydrogen) atoms. The van der Waals surface area contributed by atoms with Gasteiger partial charge in [-0.3, -0.25) is 0 Å². The van der Waals surface area contributed by atoms with Gasteiger partial charge in [0.05, 0.1) is 13.2 Å². The molecule has 0 amide bonds. The predicted octanol–water partition coefficient (Wildman–Crippen LogP) is 1.29. The van der Waals surface area contributed by atoms with E-state index in [9.17, 15) is 0 Å². The molecule has 2 heteroatoms. The maximum atomic E-state index is 6.06. The van der Waals surface area contributed by atoms with Gasteiger partial charge in [-0.15, -0.1) is 0 Å². The Labute approximate surface area is 68.1 Å². The van der Waals surface area contributed by atoms with Crippen molar-refractivity contribution in [2.75, 3.05) is 13.2 Å². The zero-order chi connectivity index (χ0) is 7.95. The van der Waals surface area contributed by atoms with E-state index in [4.69, 9.17) is 10.5 Å². The minimum Gasteiger partial charge on any atom is -0.380 e. The van der Waals surface area contributed by atoms with E-state index in [1.807, 2.05) is 0 Å². The highest BCUT2D eigenvalue weighted by Crippen LogP contribution is 2.47. The summed E-state index contributed by atoms with van der Waals surface area (Å²) in [6, 6.07) is 0. The Morgan fingerprint density at radius 3 is 2.27 bits per heavy atom. The summed E-state index contributed by atoms with van der Waals surface area (Å²) in [5, 5.41) is 0. The Bertz CT molecular complexity index is 153. The lowest BCUT2D eigenvalue weighted by atomic mass is 9.77. The van der Waals surface area contributed by atoms with Crippen molar-refractivity contribution in [3.05, 3.63) is 0 Å². The molecule has 64 valence electrons. The van der Waals surface area contributed by atoms with Crippen LogP contribution < -0.4 is 5.73 Å².